The van der Waals surface area contributed by atoms with E-state index in [1.54, 1.807) is 0 Å². The molecule has 0 aromatic rings. The van der Waals surface area contributed by atoms with Crippen molar-refractivity contribution in [1.82, 2.24) is 5.32 Å². The Morgan fingerprint density at radius 2 is 0.881 bits per heavy atom. The maximum Gasteiger partial charge on any atom is 0.220 e. The van der Waals surface area contributed by atoms with Gasteiger partial charge in [-0.15, -0.1) is 0 Å². The van der Waals surface area contributed by atoms with E-state index in [0.717, 1.165) is 38.5 Å². The van der Waals surface area contributed by atoms with Gasteiger partial charge in [-0.3, -0.25) is 4.79 Å². The van der Waals surface area contributed by atoms with Gasteiger partial charge in [0, 0.05) is 13.5 Å². The summed E-state index contributed by atoms with van der Waals surface area (Å²) in [4.78, 5) is 13.0. The quantitative estimate of drug-likeness (QED) is 0.0382. The third kappa shape index (κ3) is 31.6. The minimum absolute atomic E-state index is 0.0200. The maximum atomic E-state index is 13.0. The maximum absolute atomic E-state index is 13.0. The summed E-state index contributed by atoms with van der Waals surface area (Å²) in [5.41, 5.74) is 0. The van der Waals surface area contributed by atoms with Crippen molar-refractivity contribution < 1.29 is 39.4 Å². The summed E-state index contributed by atoms with van der Waals surface area (Å²) in [7, 11) is 1.46. The van der Waals surface area contributed by atoms with Crippen LogP contribution in [0.3, 0.4) is 0 Å². The van der Waals surface area contributed by atoms with E-state index in [1.807, 2.05) is 0 Å². The Morgan fingerprint density at radius 1 is 0.525 bits per heavy atom. The van der Waals surface area contributed by atoms with Crippen LogP contribution in [0.1, 0.15) is 251 Å². The van der Waals surface area contributed by atoms with E-state index in [-0.39, 0.29) is 19.1 Å². The van der Waals surface area contributed by atoms with Gasteiger partial charge >= 0.3 is 0 Å². The van der Waals surface area contributed by atoms with Crippen LogP contribution in [-0.2, 0) is 19.0 Å². The number of aliphatic hydroxyl groups is 4. The highest BCUT2D eigenvalue weighted by Gasteiger charge is 2.44. The number of carbonyl (C=O) groups excluding carboxylic acids is 1. The zero-order valence-electron chi connectivity index (χ0n) is 39.0. The molecule has 5 N–H and O–H groups in total. The fraction of sp³-hybridized carbons (Fsp3) is 0.980. The van der Waals surface area contributed by atoms with Crippen LogP contribution in [-0.4, -0.2) is 89.5 Å². The number of unbranched alkanes of at least 4 members (excludes halogenated alkanes) is 33. The molecule has 0 aliphatic carbocycles. The third-order valence-corrected chi connectivity index (χ3v) is 12.6. The SMILES string of the molecule is CCCCCCCCCCCCCCCCCCCCCCCCCC(=O)N[C@H](COC1O[C@H](COC)[C@H](O)[C@H](O)[C@H]1O)[C@H](O)CCCCCCCCCCCCCC. The molecule has 1 amide bonds. The van der Waals surface area contributed by atoms with Crippen molar-refractivity contribution in [2.75, 3.05) is 20.3 Å². The monoisotopic (exact) mass is 842 g/mol. The molecule has 1 unspecified atom stereocenters. The lowest BCUT2D eigenvalue weighted by Crippen LogP contribution is -2.60. The molecule has 9 nitrogen and oxygen atoms in total. The molecule has 1 heterocycles. The lowest BCUT2D eigenvalue weighted by Gasteiger charge is -2.40. The van der Waals surface area contributed by atoms with Gasteiger partial charge < -0.3 is 40.0 Å². The molecule has 9 heteroatoms. The van der Waals surface area contributed by atoms with Crippen molar-refractivity contribution in [2.45, 2.75) is 294 Å². The van der Waals surface area contributed by atoms with Crippen molar-refractivity contribution in [3.63, 3.8) is 0 Å². The molecule has 0 aromatic heterocycles. The molecule has 0 saturated carbocycles. The number of amides is 1. The summed E-state index contributed by atoms with van der Waals surface area (Å²) in [6, 6.07) is -0.680. The fourth-order valence-electron chi connectivity index (χ4n) is 8.55. The van der Waals surface area contributed by atoms with E-state index in [0.29, 0.717) is 12.8 Å². The number of hydrogen-bond donors (Lipinski definition) is 5. The van der Waals surface area contributed by atoms with Crippen LogP contribution in [0.5, 0.6) is 0 Å². The molecule has 352 valence electrons. The van der Waals surface area contributed by atoms with Gasteiger partial charge in [0.15, 0.2) is 6.29 Å². The second kappa shape index (κ2) is 41.2. The van der Waals surface area contributed by atoms with Crippen molar-refractivity contribution in [3.8, 4) is 0 Å². The van der Waals surface area contributed by atoms with Gasteiger partial charge in [0.2, 0.25) is 5.91 Å². The molecule has 1 rings (SSSR count). The molecule has 0 aromatic carbocycles. The van der Waals surface area contributed by atoms with Gasteiger partial charge in [-0.05, 0) is 12.8 Å². The predicted octanol–water partition coefficient (Wildman–Crippen LogP) is 11.8. The highest BCUT2D eigenvalue weighted by molar-refractivity contribution is 5.76. The Bertz CT molecular complexity index is 895. The molecule has 7 atom stereocenters. The first-order chi connectivity index (χ1) is 28.8. The van der Waals surface area contributed by atoms with Gasteiger partial charge in [0.1, 0.15) is 24.4 Å². The number of nitrogens with one attached hydrogen (secondary N) is 1. The Balaban J connectivity index is 2.24. The first-order valence-corrected chi connectivity index (χ1v) is 25.6. The fourth-order valence-corrected chi connectivity index (χ4v) is 8.55. The summed E-state index contributed by atoms with van der Waals surface area (Å²) in [6.45, 7) is 4.47. The molecule has 1 fully saturated rings. The highest BCUT2D eigenvalue weighted by Crippen LogP contribution is 2.24. The number of methoxy groups -OCH3 is 1. The third-order valence-electron chi connectivity index (χ3n) is 12.6. The molecule has 1 aliphatic rings. The molecular formula is C50H99NO8. The molecule has 1 aliphatic heterocycles. The van der Waals surface area contributed by atoms with Gasteiger partial charge in [-0.1, -0.05) is 232 Å². The number of aliphatic hydroxyl groups excluding tert-OH is 4. The van der Waals surface area contributed by atoms with Gasteiger partial charge in [0.05, 0.1) is 25.4 Å². The summed E-state index contributed by atoms with van der Waals surface area (Å²) >= 11 is 0. The van der Waals surface area contributed by atoms with E-state index < -0.39 is 42.9 Å². The normalized spacial score (nSPS) is 20.6. The Morgan fingerprint density at radius 3 is 1.25 bits per heavy atom. The summed E-state index contributed by atoms with van der Waals surface area (Å²) in [6.07, 6.45) is 39.2. The van der Waals surface area contributed by atoms with Gasteiger partial charge in [-0.2, -0.15) is 0 Å². The van der Waals surface area contributed by atoms with Crippen LogP contribution in [0.25, 0.3) is 0 Å². The Kier molecular flexibility index (Phi) is 39.3. The smallest absolute Gasteiger partial charge is 0.220 e. The molecule has 0 spiro atoms. The molecule has 0 radical (unpaired) electrons. The molecule has 1 saturated heterocycles. The van der Waals surface area contributed by atoms with Crippen LogP contribution in [0.4, 0.5) is 0 Å². The van der Waals surface area contributed by atoms with E-state index in [9.17, 15) is 25.2 Å². The zero-order chi connectivity index (χ0) is 43.0. The van der Waals surface area contributed by atoms with Crippen LogP contribution in [0, 0.1) is 0 Å². The van der Waals surface area contributed by atoms with Crippen LogP contribution < -0.4 is 5.32 Å². The lowest BCUT2D eigenvalue weighted by atomic mass is 9.99. The largest absolute Gasteiger partial charge is 0.391 e. The number of hydrogen-bond acceptors (Lipinski definition) is 8. The van der Waals surface area contributed by atoms with Crippen molar-refractivity contribution in [1.29, 1.82) is 0 Å². The minimum atomic E-state index is -1.48. The second-order valence-electron chi connectivity index (χ2n) is 18.3. The number of carbonyl (C=O) groups is 1. The van der Waals surface area contributed by atoms with E-state index in [2.05, 4.69) is 19.2 Å². The van der Waals surface area contributed by atoms with Crippen molar-refractivity contribution in [3.05, 3.63) is 0 Å². The van der Waals surface area contributed by atoms with Gasteiger partial charge in [0.25, 0.3) is 0 Å². The predicted molar refractivity (Wildman–Crippen MR) is 245 cm³/mol. The number of ether oxygens (including phenoxy) is 3. The lowest BCUT2D eigenvalue weighted by molar-refractivity contribution is -0.303. The zero-order valence-corrected chi connectivity index (χ0v) is 39.0. The van der Waals surface area contributed by atoms with E-state index in [1.165, 1.54) is 193 Å². The standard InChI is InChI=1S/C50H99NO8/c1-4-6-8-10-12-14-16-18-19-20-21-22-23-24-25-26-27-28-30-32-34-36-38-40-46(53)51-43(41-58-50-49(56)48(55)47(54)45(59-50)42-57-3)44(52)39-37-35-33-31-29-17-15-13-11-9-7-5-2/h43-45,47-50,52,54-56H,4-42H2,1-3H3,(H,51,53)/t43-,44-,45-,47+,48+,49-,50?/m1/s1. The van der Waals surface area contributed by atoms with Crippen molar-refractivity contribution in [2.24, 2.45) is 0 Å². The number of rotatable bonds is 44. The average molecular weight is 842 g/mol. The highest BCUT2D eigenvalue weighted by atomic mass is 16.7. The van der Waals surface area contributed by atoms with E-state index >= 15 is 0 Å². The first kappa shape index (κ1) is 56.2. The second-order valence-corrected chi connectivity index (χ2v) is 18.3. The van der Waals surface area contributed by atoms with Crippen LogP contribution >= 0.6 is 0 Å². The minimum Gasteiger partial charge on any atom is -0.391 e. The molecular weight excluding hydrogens is 743 g/mol. The van der Waals surface area contributed by atoms with Crippen LogP contribution in [0.15, 0.2) is 0 Å². The molecule has 59 heavy (non-hydrogen) atoms. The summed E-state index contributed by atoms with van der Waals surface area (Å²) in [5, 5.41) is 45.4. The van der Waals surface area contributed by atoms with Crippen LogP contribution in [0.2, 0.25) is 0 Å². The van der Waals surface area contributed by atoms with Gasteiger partial charge in [-0.25, -0.2) is 0 Å². The Labute approximate surface area is 364 Å². The topological polar surface area (TPSA) is 138 Å². The Hall–Kier alpha value is -0.810. The first-order valence-electron chi connectivity index (χ1n) is 25.6. The molecule has 0 bridgehead atoms. The summed E-state index contributed by atoms with van der Waals surface area (Å²) < 4.78 is 16.7. The van der Waals surface area contributed by atoms with Crippen molar-refractivity contribution >= 4 is 5.91 Å². The average Bonchev–Trinajstić information content (AvgIpc) is 3.23. The van der Waals surface area contributed by atoms with E-state index in [4.69, 9.17) is 14.2 Å². The summed E-state index contributed by atoms with van der Waals surface area (Å²) in [5.74, 6) is -0.117.